The van der Waals surface area contributed by atoms with E-state index in [0.29, 0.717) is 12.3 Å². The van der Waals surface area contributed by atoms with E-state index in [0.717, 1.165) is 6.42 Å². The molecule has 0 aromatic rings. The first-order chi connectivity index (χ1) is 5.20. The molecule has 66 valence electrons. The third kappa shape index (κ3) is 6.88. The summed E-state index contributed by atoms with van der Waals surface area (Å²) in [5.74, 6) is 0. The fraction of sp³-hybridized carbons (Fsp3) is 0.714. The van der Waals surface area contributed by atoms with Gasteiger partial charge in [-0.1, -0.05) is 13.0 Å². The van der Waals surface area contributed by atoms with Crippen molar-refractivity contribution in [3.8, 4) is 0 Å². The zero-order valence-corrected chi connectivity index (χ0v) is 9.65. The number of rotatable bonds is 6. The number of ether oxygens (including phenoxy) is 1. The first kappa shape index (κ1) is 11.5. The van der Waals surface area contributed by atoms with Crippen LogP contribution in [0.2, 0.25) is 0 Å². The average Bonchev–Trinajstić information content (AvgIpc) is 1.97. The van der Waals surface area contributed by atoms with Crippen molar-refractivity contribution in [1.29, 1.82) is 0 Å². The zero-order valence-electron chi connectivity index (χ0n) is 6.72. The number of alkyl halides is 2. The molecule has 1 unspecified atom stereocenters. The van der Waals surface area contributed by atoms with Gasteiger partial charge < -0.3 is 4.74 Å². The lowest BCUT2D eigenvalue weighted by molar-refractivity contribution is 0.128. The van der Waals surface area contributed by atoms with Crippen LogP contribution < -0.4 is 0 Å². The van der Waals surface area contributed by atoms with Crippen LogP contribution in [-0.2, 0) is 4.74 Å². The highest BCUT2D eigenvalue weighted by molar-refractivity contribution is 6.69. The predicted molar refractivity (Wildman–Crippen MR) is 54.3 cm³/mol. The Hall–Kier alpha value is 0.497. The average molecular weight is 213 g/mol. The van der Waals surface area contributed by atoms with Gasteiger partial charge >= 0.3 is 0 Å². The van der Waals surface area contributed by atoms with Crippen LogP contribution in [0.4, 0.5) is 0 Å². The molecule has 0 N–H and O–H groups in total. The molecule has 0 aliphatic heterocycles. The summed E-state index contributed by atoms with van der Waals surface area (Å²) in [5, 5.41) is 0. The van der Waals surface area contributed by atoms with Gasteiger partial charge in [0.25, 0.3) is 0 Å². The monoisotopic (exact) mass is 212 g/mol. The SMILES string of the molecule is C=CCOC(CC)[SiH2]C(Cl)Cl. The molecular formula is C7H14Cl2OSi. The van der Waals surface area contributed by atoms with Crippen molar-refractivity contribution in [2.75, 3.05) is 6.61 Å². The quantitative estimate of drug-likeness (QED) is 0.371. The lowest BCUT2D eigenvalue weighted by Crippen LogP contribution is -2.24. The fourth-order valence-corrected chi connectivity index (χ4v) is 2.95. The third-order valence-corrected chi connectivity index (χ3v) is 4.11. The van der Waals surface area contributed by atoms with Gasteiger partial charge in [0.2, 0.25) is 0 Å². The maximum absolute atomic E-state index is 5.65. The molecule has 0 aromatic carbocycles. The predicted octanol–water partition coefficient (Wildman–Crippen LogP) is 1.86. The fourth-order valence-electron chi connectivity index (χ4n) is 0.755. The van der Waals surface area contributed by atoms with E-state index >= 15 is 0 Å². The van der Waals surface area contributed by atoms with Crippen molar-refractivity contribution < 1.29 is 4.74 Å². The summed E-state index contributed by atoms with van der Waals surface area (Å²) in [7, 11) is -0.499. The minimum Gasteiger partial charge on any atom is -0.378 e. The molecule has 0 heterocycles. The van der Waals surface area contributed by atoms with E-state index in [2.05, 4.69) is 13.5 Å². The van der Waals surface area contributed by atoms with E-state index in [1.807, 2.05) is 0 Å². The maximum atomic E-state index is 5.65. The Kier molecular flexibility index (Phi) is 7.49. The van der Waals surface area contributed by atoms with Gasteiger partial charge in [-0.2, -0.15) is 0 Å². The Morgan fingerprint density at radius 3 is 2.64 bits per heavy atom. The van der Waals surface area contributed by atoms with Gasteiger partial charge in [0, 0.05) is 5.73 Å². The number of hydrogen-bond donors (Lipinski definition) is 0. The molecule has 11 heavy (non-hydrogen) atoms. The lowest BCUT2D eigenvalue weighted by atomic mass is 10.5. The second-order valence-electron chi connectivity index (χ2n) is 2.28. The van der Waals surface area contributed by atoms with Crippen molar-refractivity contribution in [2.45, 2.75) is 23.5 Å². The zero-order chi connectivity index (χ0) is 8.69. The number of hydrogen-bond acceptors (Lipinski definition) is 1. The Balaban J connectivity index is 3.48. The van der Waals surface area contributed by atoms with E-state index in [1.165, 1.54) is 0 Å². The highest BCUT2D eigenvalue weighted by Gasteiger charge is 2.11. The molecule has 0 aliphatic rings. The van der Waals surface area contributed by atoms with Crippen LogP contribution >= 0.6 is 23.2 Å². The summed E-state index contributed by atoms with van der Waals surface area (Å²) in [6, 6.07) is 0. The third-order valence-electron chi connectivity index (χ3n) is 1.35. The topological polar surface area (TPSA) is 9.23 Å². The van der Waals surface area contributed by atoms with Crippen LogP contribution in [0, 0.1) is 0 Å². The van der Waals surface area contributed by atoms with Gasteiger partial charge in [-0.25, -0.2) is 0 Å². The number of halogens is 2. The molecule has 0 rings (SSSR count). The molecule has 0 spiro atoms. The van der Waals surface area contributed by atoms with E-state index in [-0.39, 0.29) is 4.46 Å². The molecule has 0 aromatic heterocycles. The van der Waals surface area contributed by atoms with Crippen molar-refractivity contribution in [3.63, 3.8) is 0 Å². The molecular weight excluding hydrogens is 199 g/mol. The van der Waals surface area contributed by atoms with Gasteiger partial charge in [0.1, 0.15) is 0 Å². The van der Waals surface area contributed by atoms with Gasteiger partial charge in [-0.3, -0.25) is 0 Å². The smallest absolute Gasteiger partial charge is 0.0951 e. The first-order valence-corrected chi connectivity index (χ1v) is 6.22. The Morgan fingerprint density at radius 1 is 1.64 bits per heavy atom. The molecule has 0 aliphatic carbocycles. The molecule has 1 nitrogen and oxygen atoms in total. The largest absolute Gasteiger partial charge is 0.378 e. The summed E-state index contributed by atoms with van der Waals surface area (Å²) >= 11 is 11.3. The van der Waals surface area contributed by atoms with E-state index in [1.54, 1.807) is 6.08 Å². The first-order valence-electron chi connectivity index (χ1n) is 3.71. The summed E-state index contributed by atoms with van der Waals surface area (Å²) in [4.78, 5) is 0. The van der Waals surface area contributed by atoms with Gasteiger partial charge in [0.05, 0.1) is 20.6 Å². The van der Waals surface area contributed by atoms with E-state index in [9.17, 15) is 0 Å². The summed E-state index contributed by atoms with van der Waals surface area (Å²) in [6.45, 7) is 6.25. The normalized spacial score (nSPS) is 14.5. The second kappa shape index (κ2) is 7.16. The molecule has 4 heteroatoms. The summed E-state index contributed by atoms with van der Waals surface area (Å²) < 4.78 is 5.24. The molecule has 0 saturated heterocycles. The van der Waals surface area contributed by atoms with Crippen molar-refractivity contribution in [2.24, 2.45) is 0 Å². The second-order valence-corrected chi connectivity index (χ2v) is 6.79. The van der Waals surface area contributed by atoms with Crippen molar-refractivity contribution >= 4 is 32.7 Å². The standard InChI is InChI=1S/C7H14Cl2OSi/c1-3-5-10-6(4-2)11-7(8)9/h3,6-7H,1,4-5,11H2,2H3. The van der Waals surface area contributed by atoms with E-state index < -0.39 is 9.52 Å². The summed E-state index contributed by atoms with van der Waals surface area (Å²) in [6.07, 6.45) is 2.74. The maximum Gasteiger partial charge on any atom is 0.0951 e. The van der Waals surface area contributed by atoms with Crippen LogP contribution in [-0.4, -0.2) is 26.3 Å². The Morgan fingerprint density at radius 2 is 2.27 bits per heavy atom. The molecule has 0 bridgehead atoms. The molecule has 1 atom stereocenters. The Labute approximate surface area is 80.5 Å². The van der Waals surface area contributed by atoms with Crippen LogP contribution in [0.5, 0.6) is 0 Å². The minimum absolute atomic E-state index is 0.190. The minimum atomic E-state index is -0.499. The summed E-state index contributed by atoms with van der Waals surface area (Å²) in [5.41, 5.74) is 0.299. The highest BCUT2D eigenvalue weighted by atomic mass is 35.5. The van der Waals surface area contributed by atoms with Crippen LogP contribution in [0.25, 0.3) is 0 Å². The lowest BCUT2D eigenvalue weighted by Gasteiger charge is -2.14. The molecule has 0 amide bonds. The van der Waals surface area contributed by atoms with Crippen LogP contribution in [0.3, 0.4) is 0 Å². The van der Waals surface area contributed by atoms with Gasteiger partial charge in [-0.15, -0.1) is 29.8 Å². The Bertz CT molecular complexity index is 109. The molecule has 0 fully saturated rings. The highest BCUT2D eigenvalue weighted by Crippen LogP contribution is 2.06. The van der Waals surface area contributed by atoms with E-state index in [4.69, 9.17) is 27.9 Å². The van der Waals surface area contributed by atoms with Crippen LogP contribution in [0.1, 0.15) is 13.3 Å². The van der Waals surface area contributed by atoms with Crippen molar-refractivity contribution in [3.05, 3.63) is 12.7 Å². The molecule has 0 saturated carbocycles. The van der Waals surface area contributed by atoms with Crippen molar-refractivity contribution in [1.82, 2.24) is 0 Å². The van der Waals surface area contributed by atoms with Gasteiger partial charge in [0.15, 0.2) is 0 Å². The molecule has 0 radical (unpaired) electrons. The van der Waals surface area contributed by atoms with Gasteiger partial charge in [-0.05, 0) is 6.42 Å². The van der Waals surface area contributed by atoms with Crippen LogP contribution in [0.15, 0.2) is 12.7 Å².